The van der Waals surface area contributed by atoms with E-state index in [0.717, 1.165) is 19.4 Å². The van der Waals surface area contributed by atoms with Crippen LogP contribution in [0.2, 0.25) is 0 Å². The van der Waals surface area contributed by atoms with Gasteiger partial charge in [-0.3, -0.25) is 0 Å². The molecule has 1 aliphatic heterocycles. The van der Waals surface area contributed by atoms with Crippen LogP contribution in [0.25, 0.3) is 0 Å². The maximum atomic E-state index is 5.56. The molecule has 0 bridgehead atoms. The molecule has 0 spiro atoms. The minimum atomic E-state index is -0.306. The molecule has 0 radical (unpaired) electrons. The van der Waals surface area contributed by atoms with E-state index in [1.54, 1.807) is 0 Å². The number of rotatable bonds is 0. The number of nitrogens with two attached hydrogens (primary N) is 1. The van der Waals surface area contributed by atoms with Crippen molar-refractivity contribution in [1.29, 1.82) is 0 Å². The Hall–Kier alpha value is -0.0800. The third-order valence-electron chi connectivity index (χ3n) is 1.25. The summed E-state index contributed by atoms with van der Waals surface area (Å²) < 4.78 is 5.12. The predicted molar refractivity (Wildman–Crippen MR) is 39.1 cm³/mol. The summed E-state index contributed by atoms with van der Waals surface area (Å²) in [5.74, 6) is 0. The van der Waals surface area contributed by atoms with Gasteiger partial charge in [0.15, 0.2) is 0 Å². The lowest BCUT2D eigenvalue weighted by molar-refractivity contribution is 0.0260. The number of hydrogen-bond donors (Lipinski definition) is 1. The highest BCUT2D eigenvalue weighted by atomic mass is 16.5. The molecule has 1 unspecified atom stereocenters. The molecule has 0 amide bonds. The van der Waals surface area contributed by atoms with Crippen molar-refractivity contribution in [2.75, 3.05) is 6.61 Å². The van der Waals surface area contributed by atoms with Crippen molar-refractivity contribution < 1.29 is 4.74 Å². The lowest BCUT2D eigenvalue weighted by atomic mass is 10.2. The number of ether oxygens (including phenoxy) is 1. The summed E-state index contributed by atoms with van der Waals surface area (Å²) in [7, 11) is 0. The Labute approximate surface area is 57.4 Å². The zero-order valence-electron chi connectivity index (χ0n) is 6.61. The van der Waals surface area contributed by atoms with Crippen LogP contribution in [0.5, 0.6) is 0 Å². The summed E-state index contributed by atoms with van der Waals surface area (Å²) in [4.78, 5) is 0. The number of hydrogen-bond acceptors (Lipinski definition) is 2. The smallest absolute Gasteiger partial charge is 0.114 e. The summed E-state index contributed by atoms with van der Waals surface area (Å²) >= 11 is 0. The fourth-order valence-electron chi connectivity index (χ4n) is 0.801. The van der Waals surface area contributed by atoms with Crippen molar-refractivity contribution >= 4 is 0 Å². The molecular weight excluding hydrogens is 114 g/mol. The zero-order valence-corrected chi connectivity index (χ0v) is 6.61. The molecule has 1 fully saturated rings. The summed E-state index contributed by atoms with van der Waals surface area (Å²) in [6.07, 6.45) is 2.12. The van der Waals surface area contributed by atoms with Crippen molar-refractivity contribution in [3.05, 3.63) is 0 Å². The second kappa shape index (κ2) is 3.85. The van der Waals surface area contributed by atoms with Gasteiger partial charge in [-0.25, -0.2) is 0 Å². The standard InChI is InChI=1S/C5H11NO.C2H6/c1-5(6)3-2-4-7-5;1-2/h2-4,6H2,1H3;1-2H3. The van der Waals surface area contributed by atoms with Crippen LogP contribution in [0.15, 0.2) is 0 Å². The van der Waals surface area contributed by atoms with Gasteiger partial charge in [0.05, 0.1) is 0 Å². The van der Waals surface area contributed by atoms with Gasteiger partial charge in [-0.2, -0.15) is 0 Å². The van der Waals surface area contributed by atoms with E-state index < -0.39 is 0 Å². The summed E-state index contributed by atoms with van der Waals surface area (Å²) in [6, 6.07) is 0. The van der Waals surface area contributed by atoms with Gasteiger partial charge in [0.25, 0.3) is 0 Å². The van der Waals surface area contributed by atoms with Crippen LogP contribution in [0.3, 0.4) is 0 Å². The highest BCUT2D eigenvalue weighted by Crippen LogP contribution is 2.17. The molecule has 2 heteroatoms. The maximum absolute atomic E-state index is 5.56. The largest absolute Gasteiger partial charge is 0.361 e. The quantitative estimate of drug-likeness (QED) is 0.540. The monoisotopic (exact) mass is 131 g/mol. The highest BCUT2D eigenvalue weighted by molar-refractivity contribution is 4.71. The van der Waals surface area contributed by atoms with Crippen LogP contribution < -0.4 is 5.73 Å². The normalized spacial score (nSPS) is 33.3. The molecule has 0 aromatic heterocycles. The molecular formula is C7H17NO. The first-order valence-electron chi connectivity index (χ1n) is 3.64. The van der Waals surface area contributed by atoms with E-state index >= 15 is 0 Å². The third kappa shape index (κ3) is 3.49. The second-order valence-electron chi connectivity index (χ2n) is 2.26. The average Bonchev–Trinajstić information content (AvgIpc) is 2.19. The minimum Gasteiger partial charge on any atom is -0.361 e. The van der Waals surface area contributed by atoms with Gasteiger partial charge in [0, 0.05) is 6.61 Å². The van der Waals surface area contributed by atoms with Crippen LogP contribution in [0.1, 0.15) is 33.6 Å². The van der Waals surface area contributed by atoms with Gasteiger partial charge >= 0.3 is 0 Å². The molecule has 2 N–H and O–H groups in total. The van der Waals surface area contributed by atoms with E-state index in [1.807, 2.05) is 20.8 Å². The second-order valence-corrected chi connectivity index (χ2v) is 2.26. The molecule has 56 valence electrons. The average molecular weight is 131 g/mol. The Morgan fingerprint density at radius 3 is 2.11 bits per heavy atom. The molecule has 1 saturated heterocycles. The zero-order chi connectivity index (χ0) is 7.33. The predicted octanol–water partition coefficient (Wildman–Crippen LogP) is 1.50. The Morgan fingerprint density at radius 1 is 1.44 bits per heavy atom. The first-order chi connectivity index (χ1) is 4.21. The first-order valence-corrected chi connectivity index (χ1v) is 3.64. The molecule has 1 heterocycles. The van der Waals surface area contributed by atoms with Crippen molar-refractivity contribution in [1.82, 2.24) is 0 Å². The van der Waals surface area contributed by atoms with Crippen LogP contribution >= 0.6 is 0 Å². The van der Waals surface area contributed by atoms with Gasteiger partial charge in [-0.1, -0.05) is 13.8 Å². The maximum Gasteiger partial charge on any atom is 0.114 e. The van der Waals surface area contributed by atoms with Crippen LogP contribution in [0.4, 0.5) is 0 Å². The summed E-state index contributed by atoms with van der Waals surface area (Å²) in [6.45, 7) is 6.76. The molecule has 1 rings (SSSR count). The van der Waals surface area contributed by atoms with Gasteiger partial charge in [-0.15, -0.1) is 0 Å². The first kappa shape index (κ1) is 8.92. The summed E-state index contributed by atoms with van der Waals surface area (Å²) in [5, 5.41) is 0. The lowest BCUT2D eigenvalue weighted by Crippen LogP contribution is -2.34. The Balaban J connectivity index is 0.000000291. The van der Waals surface area contributed by atoms with Crippen molar-refractivity contribution in [3.8, 4) is 0 Å². The third-order valence-corrected chi connectivity index (χ3v) is 1.25. The lowest BCUT2D eigenvalue weighted by Gasteiger charge is -2.14. The topological polar surface area (TPSA) is 35.2 Å². The van der Waals surface area contributed by atoms with E-state index in [4.69, 9.17) is 10.5 Å². The van der Waals surface area contributed by atoms with Crippen LogP contribution in [-0.2, 0) is 4.74 Å². The highest BCUT2D eigenvalue weighted by Gasteiger charge is 2.23. The van der Waals surface area contributed by atoms with E-state index in [0.29, 0.717) is 0 Å². The van der Waals surface area contributed by atoms with E-state index in [9.17, 15) is 0 Å². The fourth-order valence-corrected chi connectivity index (χ4v) is 0.801. The molecule has 9 heavy (non-hydrogen) atoms. The fraction of sp³-hybridized carbons (Fsp3) is 1.00. The van der Waals surface area contributed by atoms with Crippen LogP contribution in [0, 0.1) is 0 Å². The van der Waals surface area contributed by atoms with E-state index in [-0.39, 0.29) is 5.72 Å². The molecule has 2 nitrogen and oxygen atoms in total. The van der Waals surface area contributed by atoms with Gasteiger partial charge in [0.1, 0.15) is 5.72 Å². The van der Waals surface area contributed by atoms with Gasteiger partial charge in [0.2, 0.25) is 0 Å². The molecule has 1 atom stereocenters. The molecule has 0 aliphatic carbocycles. The minimum absolute atomic E-state index is 0.306. The van der Waals surface area contributed by atoms with E-state index in [1.165, 1.54) is 0 Å². The van der Waals surface area contributed by atoms with Crippen molar-refractivity contribution in [2.24, 2.45) is 5.73 Å². The Kier molecular flexibility index (Phi) is 3.82. The summed E-state index contributed by atoms with van der Waals surface area (Å²) in [5.41, 5.74) is 5.25. The molecule has 1 aliphatic rings. The van der Waals surface area contributed by atoms with Crippen molar-refractivity contribution in [3.63, 3.8) is 0 Å². The Morgan fingerprint density at radius 2 is 2.00 bits per heavy atom. The van der Waals surface area contributed by atoms with Crippen molar-refractivity contribution in [2.45, 2.75) is 39.3 Å². The van der Waals surface area contributed by atoms with Gasteiger partial charge < -0.3 is 10.5 Å². The van der Waals surface area contributed by atoms with Gasteiger partial charge in [-0.05, 0) is 19.8 Å². The molecule has 0 aromatic rings. The SMILES string of the molecule is CC.CC1(N)CCCO1. The molecule has 0 saturated carbocycles. The Bertz CT molecular complexity index is 63.3. The molecule has 0 aromatic carbocycles. The van der Waals surface area contributed by atoms with Crippen LogP contribution in [-0.4, -0.2) is 12.3 Å². The van der Waals surface area contributed by atoms with E-state index in [2.05, 4.69) is 0 Å².